The highest BCUT2D eigenvalue weighted by atomic mass is 16.5. The molecular formula is C30H30N4O2. The number of aromatic nitrogens is 1. The Kier molecular flexibility index (Phi) is 6.36. The van der Waals surface area contributed by atoms with Crippen LogP contribution in [0.1, 0.15) is 40.3 Å². The molecule has 4 aromatic rings. The van der Waals surface area contributed by atoms with Crippen molar-refractivity contribution >= 4 is 22.4 Å². The van der Waals surface area contributed by atoms with E-state index in [9.17, 15) is 5.21 Å². The third kappa shape index (κ3) is 4.57. The van der Waals surface area contributed by atoms with Crippen LogP contribution in [-0.4, -0.2) is 47.1 Å². The molecule has 6 rings (SSSR count). The van der Waals surface area contributed by atoms with Gasteiger partial charge in [0.25, 0.3) is 0 Å². The van der Waals surface area contributed by atoms with Gasteiger partial charge in [-0.1, -0.05) is 65.8 Å². The standard InChI is InChI=1S/C30H30N4O2/c35-33-30(23-10-8-21(9-11-23)20-34-16-18-36-19-17-34)26-6-3-7-27-25(26)13-15-29(31-27)32-28-14-12-22-4-1-2-5-24(22)28/h1-11,13,15,28,35H,12,14,16-20H2,(H,31,32)/b33-30-/t28-/m1/s1. The summed E-state index contributed by atoms with van der Waals surface area (Å²) in [5.74, 6) is 0.858. The molecule has 6 heteroatoms. The number of rotatable bonds is 6. The first-order valence-corrected chi connectivity index (χ1v) is 12.6. The van der Waals surface area contributed by atoms with Gasteiger partial charge in [-0.25, -0.2) is 4.98 Å². The Bertz CT molecular complexity index is 1390. The van der Waals surface area contributed by atoms with Crippen molar-refractivity contribution < 1.29 is 9.94 Å². The Morgan fingerprint density at radius 2 is 1.81 bits per heavy atom. The van der Waals surface area contributed by atoms with Crippen LogP contribution in [0.15, 0.2) is 84.0 Å². The normalized spacial score (nSPS) is 18.3. The fraction of sp³-hybridized carbons (Fsp3) is 0.267. The smallest absolute Gasteiger partial charge is 0.127 e. The fourth-order valence-corrected chi connectivity index (χ4v) is 5.38. The van der Waals surface area contributed by atoms with Gasteiger partial charge in [-0.05, 0) is 47.7 Å². The van der Waals surface area contributed by atoms with Gasteiger partial charge in [0.15, 0.2) is 0 Å². The van der Waals surface area contributed by atoms with E-state index in [0.29, 0.717) is 5.71 Å². The van der Waals surface area contributed by atoms with Crippen LogP contribution in [0.25, 0.3) is 10.9 Å². The Hall–Kier alpha value is -3.74. The van der Waals surface area contributed by atoms with Gasteiger partial charge in [0.05, 0.1) is 24.8 Å². The Labute approximate surface area is 211 Å². The van der Waals surface area contributed by atoms with E-state index in [1.807, 2.05) is 36.4 Å². The fourth-order valence-electron chi connectivity index (χ4n) is 5.38. The van der Waals surface area contributed by atoms with Gasteiger partial charge in [0, 0.05) is 36.1 Å². The van der Waals surface area contributed by atoms with E-state index in [0.717, 1.165) is 73.5 Å². The Morgan fingerprint density at radius 1 is 0.972 bits per heavy atom. The number of benzene rings is 3. The van der Waals surface area contributed by atoms with Crippen molar-refractivity contribution in [2.45, 2.75) is 25.4 Å². The molecule has 182 valence electrons. The summed E-state index contributed by atoms with van der Waals surface area (Å²) in [6, 6.07) is 27.2. The summed E-state index contributed by atoms with van der Waals surface area (Å²) in [4.78, 5) is 7.29. The first-order chi connectivity index (χ1) is 17.8. The number of hydrogen-bond donors (Lipinski definition) is 2. The zero-order valence-electron chi connectivity index (χ0n) is 20.2. The highest BCUT2D eigenvalue weighted by molar-refractivity contribution is 6.18. The highest BCUT2D eigenvalue weighted by Gasteiger charge is 2.22. The van der Waals surface area contributed by atoms with E-state index >= 15 is 0 Å². The molecule has 1 atom stereocenters. The number of anilines is 1. The molecule has 0 amide bonds. The van der Waals surface area contributed by atoms with Crippen LogP contribution < -0.4 is 5.32 Å². The van der Waals surface area contributed by atoms with Crippen molar-refractivity contribution in [3.05, 3.63) is 107 Å². The molecule has 3 aromatic carbocycles. The number of morpholine rings is 1. The molecule has 1 aliphatic carbocycles. The second-order valence-corrected chi connectivity index (χ2v) is 9.54. The number of aryl methyl sites for hydroxylation is 1. The van der Waals surface area contributed by atoms with Gasteiger partial charge < -0.3 is 15.3 Å². The van der Waals surface area contributed by atoms with Crippen LogP contribution >= 0.6 is 0 Å². The first-order valence-electron chi connectivity index (χ1n) is 12.6. The number of nitrogens with zero attached hydrogens (tertiary/aromatic N) is 3. The molecule has 0 saturated carbocycles. The monoisotopic (exact) mass is 478 g/mol. The van der Waals surface area contributed by atoms with Gasteiger partial charge in [-0.15, -0.1) is 0 Å². The zero-order chi connectivity index (χ0) is 24.3. The molecule has 6 nitrogen and oxygen atoms in total. The summed E-state index contributed by atoms with van der Waals surface area (Å²) in [7, 11) is 0. The molecule has 1 saturated heterocycles. The number of pyridine rings is 1. The maximum atomic E-state index is 9.99. The largest absolute Gasteiger partial charge is 0.410 e. The molecule has 1 fully saturated rings. The summed E-state index contributed by atoms with van der Waals surface area (Å²) in [6.07, 6.45) is 2.16. The predicted octanol–water partition coefficient (Wildman–Crippen LogP) is 5.39. The molecule has 0 unspecified atom stereocenters. The van der Waals surface area contributed by atoms with Crippen LogP contribution in [0, 0.1) is 0 Å². The van der Waals surface area contributed by atoms with Crippen molar-refractivity contribution in [2.24, 2.45) is 5.16 Å². The van der Waals surface area contributed by atoms with Crippen molar-refractivity contribution in [2.75, 3.05) is 31.6 Å². The SMILES string of the molecule is O/N=C(/c1ccc(CN2CCOCC2)cc1)c1cccc2nc(N[C@@H]3CCc4ccccc43)ccc12. The lowest BCUT2D eigenvalue weighted by Crippen LogP contribution is -2.35. The third-order valence-electron chi connectivity index (χ3n) is 7.28. The summed E-state index contributed by atoms with van der Waals surface area (Å²) < 4.78 is 5.45. The lowest BCUT2D eigenvalue weighted by atomic mass is 9.97. The third-order valence-corrected chi connectivity index (χ3v) is 7.28. The number of nitrogens with one attached hydrogen (secondary N) is 1. The highest BCUT2D eigenvalue weighted by Crippen LogP contribution is 2.34. The van der Waals surface area contributed by atoms with Crippen molar-refractivity contribution in [3.8, 4) is 0 Å². The Morgan fingerprint density at radius 3 is 2.64 bits per heavy atom. The molecule has 2 N–H and O–H groups in total. The zero-order valence-corrected chi connectivity index (χ0v) is 20.2. The average Bonchev–Trinajstić information content (AvgIpc) is 3.33. The number of oxime groups is 1. The first kappa shape index (κ1) is 22.7. The van der Waals surface area contributed by atoms with Gasteiger partial charge >= 0.3 is 0 Å². The number of hydrogen-bond acceptors (Lipinski definition) is 6. The van der Waals surface area contributed by atoms with Crippen molar-refractivity contribution in [3.63, 3.8) is 0 Å². The van der Waals surface area contributed by atoms with Crippen LogP contribution in [-0.2, 0) is 17.7 Å². The summed E-state index contributed by atoms with van der Waals surface area (Å²) in [6.45, 7) is 4.39. The van der Waals surface area contributed by atoms with Crippen LogP contribution in [0.2, 0.25) is 0 Å². The second kappa shape index (κ2) is 10.1. The molecule has 1 aromatic heterocycles. The average molecular weight is 479 g/mol. The van der Waals surface area contributed by atoms with Crippen LogP contribution in [0.5, 0.6) is 0 Å². The summed E-state index contributed by atoms with van der Waals surface area (Å²) in [5, 5.41) is 18.3. The molecule has 0 bridgehead atoms. The summed E-state index contributed by atoms with van der Waals surface area (Å²) in [5.41, 5.74) is 7.17. The maximum absolute atomic E-state index is 9.99. The number of ether oxygens (including phenoxy) is 1. The van der Waals surface area contributed by atoms with Gasteiger partial charge in [0.1, 0.15) is 11.5 Å². The topological polar surface area (TPSA) is 70.0 Å². The van der Waals surface area contributed by atoms with Crippen molar-refractivity contribution in [1.29, 1.82) is 0 Å². The molecule has 0 radical (unpaired) electrons. The lowest BCUT2D eigenvalue weighted by molar-refractivity contribution is 0.0342. The summed E-state index contributed by atoms with van der Waals surface area (Å²) >= 11 is 0. The van der Waals surface area contributed by atoms with E-state index < -0.39 is 0 Å². The molecule has 2 aliphatic rings. The van der Waals surface area contributed by atoms with Gasteiger partial charge in [-0.3, -0.25) is 4.90 Å². The quantitative estimate of drug-likeness (QED) is 0.221. The predicted molar refractivity (Wildman–Crippen MR) is 143 cm³/mol. The molecule has 1 aliphatic heterocycles. The van der Waals surface area contributed by atoms with E-state index in [4.69, 9.17) is 9.72 Å². The van der Waals surface area contributed by atoms with Gasteiger partial charge in [0.2, 0.25) is 0 Å². The molecule has 0 spiro atoms. The molecule has 36 heavy (non-hydrogen) atoms. The Balaban J connectivity index is 1.23. The van der Waals surface area contributed by atoms with E-state index in [1.165, 1.54) is 16.7 Å². The van der Waals surface area contributed by atoms with Crippen LogP contribution in [0.4, 0.5) is 5.82 Å². The minimum Gasteiger partial charge on any atom is -0.410 e. The van der Waals surface area contributed by atoms with E-state index in [-0.39, 0.29) is 6.04 Å². The minimum absolute atomic E-state index is 0.278. The van der Waals surface area contributed by atoms with E-state index in [1.54, 1.807) is 0 Å². The van der Waals surface area contributed by atoms with Gasteiger partial charge in [-0.2, -0.15) is 0 Å². The van der Waals surface area contributed by atoms with Crippen molar-refractivity contribution in [1.82, 2.24) is 9.88 Å². The number of fused-ring (bicyclic) bond motifs is 2. The van der Waals surface area contributed by atoms with E-state index in [2.05, 4.69) is 57.8 Å². The second-order valence-electron chi connectivity index (χ2n) is 9.54. The maximum Gasteiger partial charge on any atom is 0.127 e. The minimum atomic E-state index is 0.278. The molecular weight excluding hydrogens is 448 g/mol. The van der Waals surface area contributed by atoms with Crippen LogP contribution in [0.3, 0.4) is 0 Å². The lowest BCUT2D eigenvalue weighted by Gasteiger charge is -2.26. The molecule has 2 heterocycles.